The fourth-order valence-corrected chi connectivity index (χ4v) is 0.959. The van der Waals surface area contributed by atoms with Crippen LogP contribution in [0.1, 0.15) is 6.92 Å². The second-order valence-electron chi connectivity index (χ2n) is 2.57. The second kappa shape index (κ2) is 4.37. The van der Waals surface area contributed by atoms with Crippen molar-refractivity contribution in [1.29, 1.82) is 0 Å². The Morgan fingerprint density at radius 3 is 2.40 bits per heavy atom. The molecule has 0 saturated carbocycles. The molecule has 0 aliphatic rings. The maximum atomic E-state index is 12.7. The molecule has 1 aromatic rings. The van der Waals surface area contributed by atoms with Crippen molar-refractivity contribution in [3.63, 3.8) is 0 Å². The molecule has 0 radical (unpaired) electrons. The van der Waals surface area contributed by atoms with Gasteiger partial charge in [0.1, 0.15) is 5.82 Å². The summed E-state index contributed by atoms with van der Waals surface area (Å²) >= 11 is 0. The third kappa shape index (κ3) is 3.65. The third-order valence-electron chi connectivity index (χ3n) is 1.43. The van der Waals surface area contributed by atoms with Crippen LogP contribution < -0.4 is 9.47 Å². The predicted octanol–water partition coefficient (Wildman–Crippen LogP) is 3.12. The lowest BCUT2D eigenvalue weighted by Crippen LogP contribution is -2.17. The van der Waals surface area contributed by atoms with Gasteiger partial charge in [0, 0.05) is 6.07 Å². The van der Waals surface area contributed by atoms with E-state index in [1.54, 1.807) is 6.92 Å². The van der Waals surface area contributed by atoms with Crippen LogP contribution >= 0.6 is 0 Å². The largest absolute Gasteiger partial charge is 0.573 e. The lowest BCUT2D eigenvalue weighted by atomic mass is 10.3. The van der Waals surface area contributed by atoms with Crippen LogP contribution in [0.2, 0.25) is 0 Å². The summed E-state index contributed by atoms with van der Waals surface area (Å²) in [6.45, 7) is 1.69. The van der Waals surface area contributed by atoms with Crippen molar-refractivity contribution in [3.05, 3.63) is 24.0 Å². The van der Waals surface area contributed by atoms with Crippen molar-refractivity contribution < 1.29 is 27.0 Å². The first kappa shape index (κ1) is 11.6. The van der Waals surface area contributed by atoms with Crippen LogP contribution in [-0.2, 0) is 0 Å². The topological polar surface area (TPSA) is 18.5 Å². The molecule has 2 nitrogen and oxygen atoms in total. The standard InChI is InChI=1S/C9H8F4O2/c1-2-14-8-5-6(10)3-4-7(8)15-9(11,12)13/h3-5H,2H2,1H3. The monoisotopic (exact) mass is 224 g/mol. The first-order valence-corrected chi connectivity index (χ1v) is 4.10. The molecule has 0 bridgehead atoms. The van der Waals surface area contributed by atoms with Crippen LogP contribution in [0.3, 0.4) is 0 Å². The summed E-state index contributed by atoms with van der Waals surface area (Å²) in [5.41, 5.74) is 0. The van der Waals surface area contributed by atoms with Gasteiger partial charge in [-0.1, -0.05) is 0 Å². The lowest BCUT2D eigenvalue weighted by Gasteiger charge is -2.13. The average Bonchev–Trinajstić information content (AvgIpc) is 2.08. The van der Waals surface area contributed by atoms with Crippen LogP contribution in [-0.4, -0.2) is 13.0 Å². The molecule has 0 heterocycles. The molecule has 0 amide bonds. The third-order valence-corrected chi connectivity index (χ3v) is 1.43. The van der Waals surface area contributed by atoms with Gasteiger partial charge in [0.05, 0.1) is 6.61 Å². The summed E-state index contributed by atoms with van der Waals surface area (Å²) < 4.78 is 56.8. The van der Waals surface area contributed by atoms with E-state index in [0.29, 0.717) is 0 Å². The molecule has 0 saturated heterocycles. The zero-order chi connectivity index (χ0) is 11.5. The Balaban J connectivity index is 2.95. The Bertz CT molecular complexity index is 335. The number of benzene rings is 1. The van der Waals surface area contributed by atoms with Crippen LogP contribution in [0, 0.1) is 5.82 Å². The van der Waals surface area contributed by atoms with Gasteiger partial charge in [0.2, 0.25) is 0 Å². The summed E-state index contributed by atoms with van der Waals surface area (Å²) in [6.07, 6.45) is -4.82. The quantitative estimate of drug-likeness (QED) is 0.734. The minimum Gasteiger partial charge on any atom is -0.490 e. The molecule has 84 valence electrons. The van der Waals surface area contributed by atoms with Gasteiger partial charge in [-0.25, -0.2) is 4.39 Å². The van der Waals surface area contributed by atoms with Gasteiger partial charge in [-0.2, -0.15) is 0 Å². The van der Waals surface area contributed by atoms with Crippen LogP contribution in [0.4, 0.5) is 17.6 Å². The molecule has 0 spiro atoms. The zero-order valence-electron chi connectivity index (χ0n) is 7.77. The van der Waals surface area contributed by atoms with Crippen molar-refractivity contribution in [1.82, 2.24) is 0 Å². The van der Waals surface area contributed by atoms with E-state index in [0.717, 1.165) is 18.2 Å². The van der Waals surface area contributed by atoms with E-state index in [-0.39, 0.29) is 12.4 Å². The van der Waals surface area contributed by atoms with E-state index in [1.165, 1.54) is 0 Å². The minimum absolute atomic E-state index is 0.123. The Labute approximate surface area is 83.4 Å². The summed E-state index contributed by atoms with van der Waals surface area (Å²) in [5, 5.41) is 0. The maximum absolute atomic E-state index is 12.7. The molecule has 0 aliphatic carbocycles. The van der Waals surface area contributed by atoms with Crippen molar-refractivity contribution in [2.45, 2.75) is 13.3 Å². The van der Waals surface area contributed by atoms with Gasteiger partial charge >= 0.3 is 6.36 Å². The van der Waals surface area contributed by atoms with Gasteiger partial charge in [0.15, 0.2) is 11.5 Å². The Morgan fingerprint density at radius 1 is 1.20 bits per heavy atom. The van der Waals surface area contributed by atoms with E-state index in [1.807, 2.05) is 0 Å². The number of halogens is 4. The van der Waals surface area contributed by atoms with Gasteiger partial charge in [-0.15, -0.1) is 13.2 Å². The highest BCUT2D eigenvalue weighted by atomic mass is 19.4. The van der Waals surface area contributed by atoms with Crippen LogP contribution in [0.15, 0.2) is 18.2 Å². The highest BCUT2D eigenvalue weighted by Crippen LogP contribution is 2.32. The molecule has 1 rings (SSSR count). The highest BCUT2D eigenvalue weighted by Gasteiger charge is 2.32. The van der Waals surface area contributed by atoms with E-state index >= 15 is 0 Å². The fourth-order valence-electron chi connectivity index (χ4n) is 0.959. The lowest BCUT2D eigenvalue weighted by molar-refractivity contribution is -0.275. The van der Waals surface area contributed by atoms with E-state index < -0.39 is 17.9 Å². The van der Waals surface area contributed by atoms with Gasteiger partial charge < -0.3 is 9.47 Å². The molecule has 0 N–H and O–H groups in total. The second-order valence-corrected chi connectivity index (χ2v) is 2.57. The molecule has 0 atom stereocenters. The molecule has 0 aromatic heterocycles. The molecule has 1 aromatic carbocycles. The van der Waals surface area contributed by atoms with Gasteiger partial charge in [-0.05, 0) is 19.1 Å². The summed E-state index contributed by atoms with van der Waals surface area (Å²) in [6, 6.07) is 2.57. The van der Waals surface area contributed by atoms with Crippen molar-refractivity contribution in [2.24, 2.45) is 0 Å². The van der Waals surface area contributed by atoms with E-state index in [2.05, 4.69) is 4.74 Å². The van der Waals surface area contributed by atoms with Crippen molar-refractivity contribution >= 4 is 0 Å². The smallest absolute Gasteiger partial charge is 0.490 e. The molecular formula is C9H8F4O2. The molecule has 15 heavy (non-hydrogen) atoms. The maximum Gasteiger partial charge on any atom is 0.573 e. The SMILES string of the molecule is CCOc1cc(F)ccc1OC(F)(F)F. The first-order valence-electron chi connectivity index (χ1n) is 4.10. The first-order chi connectivity index (χ1) is 6.92. The van der Waals surface area contributed by atoms with Gasteiger partial charge in [-0.3, -0.25) is 0 Å². The average molecular weight is 224 g/mol. The number of alkyl halides is 3. The minimum atomic E-state index is -4.82. The number of rotatable bonds is 3. The molecular weight excluding hydrogens is 216 g/mol. The summed E-state index contributed by atoms with van der Waals surface area (Å²) in [5.74, 6) is -1.51. The van der Waals surface area contributed by atoms with Crippen molar-refractivity contribution in [2.75, 3.05) is 6.61 Å². The number of hydrogen-bond donors (Lipinski definition) is 0. The Hall–Kier alpha value is -1.46. The Morgan fingerprint density at radius 2 is 1.87 bits per heavy atom. The van der Waals surface area contributed by atoms with E-state index in [9.17, 15) is 17.6 Å². The summed E-state index contributed by atoms with van der Waals surface area (Å²) in [4.78, 5) is 0. The van der Waals surface area contributed by atoms with Crippen LogP contribution in [0.5, 0.6) is 11.5 Å². The fraction of sp³-hybridized carbons (Fsp3) is 0.333. The highest BCUT2D eigenvalue weighted by molar-refractivity contribution is 5.40. The molecule has 0 aliphatic heterocycles. The van der Waals surface area contributed by atoms with Crippen molar-refractivity contribution in [3.8, 4) is 11.5 Å². The zero-order valence-corrected chi connectivity index (χ0v) is 7.77. The predicted molar refractivity (Wildman–Crippen MR) is 44.3 cm³/mol. The summed E-state index contributed by atoms with van der Waals surface area (Å²) in [7, 11) is 0. The molecule has 6 heteroatoms. The Kier molecular flexibility index (Phi) is 3.39. The van der Waals surface area contributed by atoms with Crippen LogP contribution in [0.25, 0.3) is 0 Å². The number of hydrogen-bond acceptors (Lipinski definition) is 2. The number of ether oxygens (including phenoxy) is 2. The molecule has 0 fully saturated rings. The normalized spacial score (nSPS) is 11.3. The van der Waals surface area contributed by atoms with Gasteiger partial charge in [0.25, 0.3) is 0 Å². The molecule has 0 unspecified atom stereocenters. The van der Waals surface area contributed by atoms with E-state index in [4.69, 9.17) is 4.74 Å².